The molecule has 0 bridgehead atoms. The van der Waals surface area contributed by atoms with Crippen LogP contribution in [0.25, 0.3) is 0 Å². The topological polar surface area (TPSA) is 29.0 Å². The van der Waals surface area contributed by atoms with Gasteiger partial charge in [-0.1, -0.05) is 31.5 Å². The highest BCUT2D eigenvalue weighted by Crippen LogP contribution is 2.25. The monoisotopic (exact) mass is 319 g/mol. The van der Waals surface area contributed by atoms with Crippen LogP contribution < -0.4 is 4.90 Å². The first-order valence-corrected chi connectivity index (χ1v) is 7.33. The number of aryl methyl sites for hydroxylation is 1. The number of benzene rings is 1. The molecule has 2 rings (SSSR count). The van der Waals surface area contributed by atoms with Crippen molar-refractivity contribution < 1.29 is 0 Å². The minimum absolute atomic E-state index is 0.779. The van der Waals surface area contributed by atoms with Gasteiger partial charge in [0.15, 0.2) is 0 Å². The van der Waals surface area contributed by atoms with Crippen LogP contribution in [0.5, 0.6) is 0 Å². The van der Waals surface area contributed by atoms with Crippen molar-refractivity contribution in [2.75, 3.05) is 11.4 Å². The normalized spacial score (nSPS) is 10.5. The molecule has 1 aromatic carbocycles. The number of unbranched alkanes of at least 4 members (excludes halogenated alkanes) is 1. The average Bonchev–Trinajstić information content (AvgIpc) is 2.39. The standard InChI is InChI=1S/C15H18BrN3/c1-3-4-10-19(13-8-6-5-7-9-13)15-11-14(16)17-12(2)18-15/h5-9,11H,3-4,10H2,1-2H3. The third kappa shape index (κ3) is 3.77. The average molecular weight is 320 g/mol. The molecule has 4 heteroatoms. The Morgan fingerprint density at radius 2 is 1.89 bits per heavy atom. The lowest BCUT2D eigenvalue weighted by Gasteiger charge is -2.24. The molecule has 0 aliphatic carbocycles. The number of nitrogens with zero attached hydrogens (tertiary/aromatic N) is 3. The number of aromatic nitrogens is 2. The Balaban J connectivity index is 2.36. The van der Waals surface area contributed by atoms with E-state index in [0.29, 0.717) is 0 Å². The summed E-state index contributed by atoms with van der Waals surface area (Å²) in [5.74, 6) is 1.72. The fourth-order valence-electron chi connectivity index (χ4n) is 1.95. The molecule has 0 spiro atoms. The third-order valence-electron chi connectivity index (χ3n) is 2.87. The molecule has 0 saturated carbocycles. The second-order valence-corrected chi connectivity index (χ2v) is 5.25. The summed E-state index contributed by atoms with van der Waals surface area (Å²) < 4.78 is 0.826. The van der Waals surface area contributed by atoms with E-state index in [4.69, 9.17) is 0 Å². The molecule has 0 aliphatic heterocycles. The van der Waals surface area contributed by atoms with Gasteiger partial charge < -0.3 is 4.90 Å². The van der Waals surface area contributed by atoms with Gasteiger partial charge >= 0.3 is 0 Å². The smallest absolute Gasteiger partial charge is 0.137 e. The maximum Gasteiger partial charge on any atom is 0.137 e. The van der Waals surface area contributed by atoms with Crippen LogP contribution in [-0.2, 0) is 0 Å². The first kappa shape index (κ1) is 14.0. The molecule has 0 amide bonds. The predicted octanol–water partition coefficient (Wildman–Crippen LogP) is 4.49. The Hall–Kier alpha value is -1.42. The summed E-state index contributed by atoms with van der Waals surface area (Å²) in [5.41, 5.74) is 1.17. The van der Waals surface area contributed by atoms with Crippen molar-refractivity contribution in [3.8, 4) is 0 Å². The first-order chi connectivity index (χ1) is 9.20. The summed E-state index contributed by atoms with van der Waals surface area (Å²) in [6.07, 6.45) is 2.30. The van der Waals surface area contributed by atoms with Gasteiger partial charge in [-0.05, 0) is 41.4 Å². The van der Waals surface area contributed by atoms with Crippen molar-refractivity contribution in [3.05, 3.63) is 46.8 Å². The van der Waals surface area contributed by atoms with Crippen molar-refractivity contribution in [1.82, 2.24) is 9.97 Å². The maximum absolute atomic E-state index is 4.55. The lowest BCUT2D eigenvalue weighted by Crippen LogP contribution is -2.20. The van der Waals surface area contributed by atoms with Gasteiger partial charge in [-0.15, -0.1) is 0 Å². The molecule has 1 heterocycles. The van der Waals surface area contributed by atoms with E-state index in [-0.39, 0.29) is 0 Å². The van der Waals surface area contributed by atoms with E-state index in [0.717, 1.165) is 35.6 Å². The molecule has 0 atom stereocenters. The Bertz CT molecular complexity index is 508. The molecule has 2 aromatic rings. The molecule has 1 aromatic heterocycles. The second kappa shape index (κ2) is 6.66. The van der Waals surface area contributed by atoms with Gasteiger partial charge in [0.05, 0.1) is 0 Å². The highest BCUT2D eigenvalue weighted by Gasteiger charge is 2.11. The minimum atomic E-state index is 0.779. The molecule has 100 valence electrons. The van der Waals surface area contributed by atoms with Crippen molar-refractivity contribution in [2.24, 2.45) is 0 Å². The predicted molar refractivity (Wildman–Crippen MR) is 82.8 cm³/mol. The number of hydrogen-bond donors (Lipinski definition) is 0. The van der Waals surface area contributed by atoms with Crippen molar-refractivity contribution in [3.63, 3.8) is 0 Å². The van der Waals surface area contributed by atoms with Crippen molar-refractivity contribution >= 4 is 27.4 Å². The van der Waals surface area contributed by atoms with E-state index in [1.807, 2.05) is 19.1 Å². The van der Waals surface area contributed by atoms with Gasteiger partial charge in [-0.25, -0.2) is 9.97 Å². The van der Waals surface area contributed by atoms with Gasteiger partial charge in [0, 0.05) is 18.3 Å². The molecule has 3 nitrogen and oxygen atoms in total. The zero-order valence-corrected chi connectivity index (χ0v) is 12.9. The van der Waals surface area contributed by atoms with Crippen molar-refractivity contribution in [1.29, 1.82) is 0 Å². The third-order valence-corrected chi connectivity index (χ3v) is 3.28. The Labute approximate surface area is 122 Å². The maximum atomic E-state index is 4.55. The fraction of sp³-hybridized carbons (Fsp3) is 0.333. The summed E-state index contributed by atoms with van der Waals surface area (Å²) in [4.78, 5) is 11.1. The highest BCUT2D eigenvalue weighted by atomic mass is 79.9. The number of halogens is 1. The van der Waals surface area contributed by atoms with Crippen LogP contribution in [-0.4, -0.2) is 16.5 Å². The van der Waals surface area contributed by atoms with Crippen LogP contribution >= 0.6 is 15.9 Å². The lowest BCUT2D eigenvalue weighted by atomic mass is 10.2. The molecule has 0 aliphatic rings. The first-order valence-electron chi connectivity index (χ1n) is 6.54. The summed E-state index contributed by atoms with van der Waals surface area (Å²) in [7, 11) is 0. The molecule has 0 radical (unpaired) electrons. The summed E-state index contributed by atoms with van der Waals surface area (Å²) in [5, 5.41) is 0. The quantitative estimate of drug-likeness (QED) is 0.760. The van der Waals surface area contributed by atoms with E-state index in [2.05, 4.69) is 62.0 Å². The van der Waals surface area contributed by atoms with Gasteiger partial charge in [0.1, 0.15) is 16.2 Å². The Morgan fingerprint density at radius 3 is 2.53 bits per heavy atom. The van der Waals surface area contributed by atoms with Crippen LogP contribution in [0.3, 0.4) is 0 Å². The highest BCUT2D eigenvalue weighted by molar-refractivity contribution is 9.10. The molecular formula is C15H18BrN3. The largest absolute Gasteiger partial charge is 0.326 e. The van der Waals surface area contributed by atoms with Crippen LogP contribution in [0.2, 0.25) is 0 Å². The number of rotatable bonds is 5. The van der Waals surface area contributed by atoms with Gasteiger partial charge in [0.2, 0.25) is 0 Å². The van der Waals surface area contributed by atoms with Crippen molar-refractivity contribution in [2.45, 2.75) is 26.7 Å². The zero-order chi connectivity index (χ0) is 13.7. The van der Waals surface area contributed by atoms with E-state index in [1.165, 1.54) is 5.69 Å². The zero-order valence-electron chi connectivity index (χ0n) is 11.3. The Morgan fingerprint density at radius 1 is 1.16 bits per heavy atom. The minimum Gasteiger partial charge on any atom is -0.326 e. The van der Waals surface area contributed by atoms with Crippen LogP contribution in [0.4, 0.5) is 11.5 Å². The molecule has 0 unspecified atom stereocenters. The Kier molecular flexibility index (Phi) is 4.91. The van der Waals surface area contributed by atoms with E-state index in [9.17, 15) is 0 Å². The van der Waals surface area contributed by atoms with Gasteiger partial charge in [-0.3, -0.25) is 0 Å². The number of hydrogen-bond acceptors (Lipinski definition) is 3. The van der Waals surface area contributed by atoms with E-state index in [1.54, 1.807) is 0 Å². The van der Waals surface area contributed by atoms with Crippen LogP contribution in [0.15, 0.2) is 41.0 Å². The van der Waals surface area contributed by atoms with E-state index >= 15 is 0 Å². The SMILES string of the molecule is CCCCN(c1ccccc1)c1cc(Br)nc(C)n1. The van der Waals surface area contributed by atoms with Gasteiger partial charge in [-0.2, -0.15) is 0 Å². The summed E-state index contributed by atoms with van der Waals surface area (Å²) in [6.45, 7) is 5.07. The molecule has 19 heavy (non-hydrogen) atoms. The number of para-hydroxylation sites is 1. The van der Waals surface area contributed by atoms with E-state index < -0.39 is 0 Å². The molecule has 0 saturated heterocycles. The molecular weight excluding hydrogens is 302 g/mol. The molecule has 0 N–H and O–H groups in total. The number of anilines is 2. The van der Waals surface area contributed by atoms with Crippen LogP contribution in [0.1, 0.15) is 25.6 Å². The fourth-order valence-corrected chi connectivity index (χ4v) is 2.42. The molecule has 0 fully saturated rings. The van der Waals surface area contributed by atoms with Crippen LogP contribution in [0, 0.1) is 6.92 Å². The summed E-state index contributed by atoms with van der Waals surface area (Å²) >= 11 is 3.44. The van der Waals surface area contributed by atoms with Gasteiger partial charge in [0.25, 0.3) is 0 Å². The lowest BCUT2D eigenvalue weighted by molar-refractivity contribution is 0.776. The second-order valence-electron chi connectivity index (χ2n) is 4.44. The summed E-state index contributed by atoms with van der Waals surface area (Å²) in [6, 6.07) is 12.3.